The summed E-state index contributed by atoms with van der Waals surface area (Å²) < 4.78 is 0. The van der Waals surface area contributed by atoms with Crippen LogP contribution in [-0.2, 0) is 6.42 Å². The second kappa shape index (κ2) is 8.05. The van der Waals surface area contributed by atoms with E-state index in [-0.39, 0.29) is 30.5 Å². The van der Waals surface area contributed by atoms with Gasteiger partial charge in [0.1, 0.15) is 0 Å². The second-order valence-electron chi connectivity index (χ2n) is 8.09. The lowest BCUT2D eigenvalue weighted by Crippen LogP contribution is -2.48. The highest BCUT2D eigenvalue weighted by Crippen LogP contribution is 2.51. The summed E-state index contributed by atoms with van der Waals surface area (Å²) in [4.78, 5) is 13.7. The predicted molar refractivity (Wildman–Crippen MR) is 117 cm³/mol. The molecule has 1 fully saturated rings. The Labute approximate surface area is 177 Å². The average molecular weight is 399 g/mol. The number of hydrogen-bond acceptors (Lipinski definition) is 3. The zero-order chi connectivity index (χ0) is 20.5. The van der Waals surface area contributed by atoms with E-state index >= 15 is 0 Å². The summed E-state index contributed by atoms with van der Waals surface area (Å²) in [5, 5.41) is 14.1. The first-order valence-corrected chi connectivity index (χ1v) is 10.7. The van der Waals surface area contributed by atoms with Crippen LogP contribution < -0.4 is 0 Å². The maximum atomic E-state index is 13.7. The van der Waals surface area contributed by atoms with E-state index in [4.69, 9.17) is 0 Å². The minimum Gasteiger partial charge on any atom is -0.396 e. The van der Waals surface area contributed by atoms with E-state index in [1.54, 1.807) is 0 Å². The van der Waals surface area contributed by atoms with Crippen LogP contribution in [0.3, 0.4) is 0 Å². The zero-order valence-corrected chi connectivity index (χ0v) is 16.9. The predicted octanol–water partition coefficient (Wildman–Crippen LogP) is 4.19. The Morgan fingerprint density at radius 3 is 2.30 bits per heavy atom. The summed E-state index contributed by atoms with van der Waals surface area (Å²) in [5.74, 6) is 0.115. The number of hydrogen-bond donors (Lipinski definition) is 1. The molecule has 0 aliphatic carbocycles. The molecule has 0 bridgehead atoms. The Morgan fingerprint density at radius 1 is 0.900 bits per heavy atom. The second-order valence-corrected chi connectivity index (χ2v) is 8.09. The van der Waals surface area contributed by atoms with Crippen molar-refractivity contribution in [2.24, 2.45) is 0 Å². The first-order valence-electron chi connectivity index (χ1n) is 10.7. The van der Waals surface area contributed by atoms with Crippen LogP contribution in [-0.4, -0.2) is 40.2 Å². The molecule has 0 saturated carbocycles. The molecule has 2 aliphatic rings. The largest absolute Gasteiger partial charge is 0.396 e. The zero-order valence-electron chi connectivity index (χ0n) is 16.9. The van der Waals surface area contributed by atoms with Gasteiger partial charge in [-0.2, -0.15) is 0 Å². The molecule has 1 amide bonds. The number of amides is 1. The normalized spacial score (nSPS) is 23.1. The molecular weight excluding hydrogens is 372 g/mol. The molecule has 1 saturated heterocycles. The number of hydrazine groups is 1. The molecule has 3 aromatic carbocycles. The molecule has 3 atom stereocenters. The average Bonchev–Trinajstić information content (AvgIpc) is 3.14. The molecule has 152 valence electrons. The highest BCUT2D eigenvalue weighted by atomic mass is 16.3. The van der Waals surface area contributed by atoms with Gasteiger partial charge in [0, 0.05) is 24.6 Å². The molecule has 3 aromatic rings. The standard InChI is InChI=1S/C26H26N2O2/c29-18-16-23-24(20-10-3-1-4-11-20)25-22-14-8-7-9-19(22)15-17-27(25)28(23)26(30)21-12-5-2-6-13-21/h1-14,23-25,29H,15-18H2. The lowest BCUT2D eigenvalue weighted by Gasteiger charge is -2.38. The molecule has 1 N–H and O–H groups in total. The number of rotatable bonds is 4. The van der Waals surface area contributed by atoms with Gasteiger partial charge in [-0.1, -0.05) is 72.8 Å². The van der Waals surface area contributed by atoms with Crippen LogP contribution in [0.1, 0.15) is 45.4 Å². The third-order valence-corrected chi connectivity index (χ3v) is 6.49. The van der Waals surface area contributed by atoms with Gasteiger partial charge in [-0.25, -0.2) is 5.01 Å². The highest BCUT2D eigenvalue weighted by Gasteiger charge is 2.52. The van der Waals surface area contributed by atoms with Crippen molar-refractivity contribution in [2.75, 3.05) is 13.2 Å². The molecule has 0 radical (unpaired) electrons. The van der Waals surface area contributed by atoms with Crippen LogP contribution >= 0.6 is 0 Å². The first-order chi connectivity index (χ1) is 14.8. The van der Waals surface area contributed by atoms with Crippen molar-refractivity contribution < 1.29 is 9.90 Å². The maximum absolute atomic E-state index is 13.7. The van der Waals surface area contributed by atoms with Crippen molar-refractivity contribution in [3.05, 3.63) is 107 Å². The van der Waals surface area contributed by atoms with Crippen molar-refractivity contribution in [1.82, 2.24) is 10.0 Å². The van der Waals surface area contributed by atoms with Crippen LogP contribution in [0.4, 0.5) is 0 Å². The van der Waals surface area contributed by atoms with E-state index in [0.29, 0.717) is 12.0 Å². The van der Waals surface area contributed by atoms with Crippen LogP contribution in [0, 0.1) is 0 Å². The molecule has 0 aromatic heterocycles. The maximum Gasteiger partial charge on any atom is 0.268 e. The van der Waals surface area contributed by atoms with Crippen LogP contribution in [0.2, 0.25) is 0 Å². The molecule has 0 spiro atoms. The Bertz CT molecular complexity index is 1020. The monoisotopic (exact) mass is 398 g/mol. The minimum absolute atomic E-state index is 0.0110. The molecule has 4 nitrogen and oxygen atoms in total. The summed E-state index contributed by atoms with van der Waals surface area (Å²) in [6.07, 6.45) is 1.46. The molecular formula is C26H26N2O2. The van der Waals surface area contributed by atoms with E-state index in [1.807, 2.05) is 41.4 Å². The van der Waals surface area contributed by atoms with Crippen molar-refractivity contribution >= 4 is 5.91 Å². The third kappa shape index (κ3) is 3.13. The van der Waals surface area contributed by atoms with Gasteiger partial charge in [-0.3, -0.25) is 9.80 Å². The quantitative estimate of drug-likeness (QED) is 0.717. The molecule has 4 heteroatoms. The minimum atomic E-state index is -0.0961. The molecule has 2 heterocycles. The summed E-state index contributed by atoms with van der Waals surface area (Å²) in [6.45, 7) is 0.848. The lowest BCUT2D eigenvalue weighted by molar-refractivity contribution is -0.0182. The highest BCUT2D eigenvalue weighted by molar-refractivity contribution is 5.94. The Kier molecular flexibility index (Phi) is 5.11. The van der Waals surface area contributed by atoms with Crippen molar-refractivity contribution in [1.29, 1.82) is 0 Å². The van der Waals surface area contributed by atoms with E-state index < -0.39 is 0 Å². The van der Waals surface area contributed by atoms with Gasteiger partial charge in [-0.15, -0.1) is 0 Å². The van der Waals surface area contributed by atoms with Crippen LogP contribution in [0.25, 0.3) is 0 Å². The summed E-state index contributed by atoms with van der Waals surface area (Å²) in [5.41, 5.74) is 4.55. The molecule has 3 unspecified atom stereocenters. The number of carbonyl (C=O) groups is 1. The van der Waals surface area contributed by atoms with Gasteiger partial charge < -0.3 is 5.11 Å². The summed E-state index contributed by atoms with van der Waals surface area (Å²) in [7, 11) is 0. The Hall–Kier alpha value is -2.95. The fourth-order valence-electron chi connectivity index (χ4n) is 5.25. The summed E-state index contributed by atoms with van der Waals surface area (Å²) in [6, 6.07) is 28.5. The number of nitrogens with zero attached hydrogens (tertiary/aromatic N) is 2. The number of aliphatic hydroxyl groups excluding tert-OH is 1. The van der Waals surface area contributed by atoms with E-state index in [9.17, 15) is 9.90 Å². The molecule has 30 heavy (non-hydrogen) atoms. The van der Waals surface area contributed by atoms with E-state index in [2.05, 4.69) is 53.5 Å². The van der Waals surface area contributed by atoms with Gasteiger partial charge in [0.15, 0.2) is 0 Å². The van der Waals surface area contributed by atoms with Gasteiger partial charge in [0.05, 0.1) is 12.1 Å². The molecule has 2 aliphatic heterocycles. The number of benzene rings is 3. The Balaban J connectivity index is 1.66. The van der Waals surface area contributed by atoms with Gasteiger partial charge in [0.2, 0.25) is 0 Å². The van der Waals surface area contributed by atoms with Crippen LogP contribution in [0.15, 0.2) is 84.9 Å². The molecule has 5 rings (SSSR count). The van der Waals surface area contributed by atoms with Crippen molar-refractivity contribution in [3.8, 4) is 0 Å². The number of aliphatic hydroxyl groups is 1. The van der Waals surface area contributed by atoms with Crippen molar-refractivity contribution in [2.45, 2.75) is 30.8 Å². The SMILES string of the molecule is O=C(c1ccccc1)N1C(CCO)C(c2ccccc2)C2c3ccccc3CCN21. The topological polar surface area (TPSA) is 43.8 Å². The van der Waals surface area contributed by atoms with Gasteiger partial charge in [-0.05, 0) is 41.7 Å². The fraction of sp³-hybridized carbons (Fsp3) is 0.269. The third-order valence-electron chi connectivity index (χ3n) is 6.49. The van der Waals surface area contributed by atoms with Gasteiger partial charge >= 0.3 is 0 Å². The fourth-order valence-corrected chi connectivity index (χ4v) is 5.25. The first kappa shape index (κ1) is 19.0. The summed E-state index contributed by atoms with van der Waals surface area (Å²) >= 11 is 0. The smallest absolute Gasteiger partial charge is 0.268 e. The Morgan fingerprint density at radius 2 is 1.57 bits per heavy atom. The van der Waals surface area contributed by atoms with Crippen LogP contribution in [0.5, 0.6) is 0 Å². The van der Waals surface area contributed by atoms with E-state index in [0.717, 1.165) is 13.0 Å². The van der Waals surface area contributed by atoms with E-state index in [1.165, 1.54) is 16.7 Å². The van der Waals surface area contributed by atoms with Gasteiger partial charge in [0.25, 0.3) is 5.91 Å². The van der Waals surface area contributed by atoms with Crippen molar-refractivity contribution in [3.63, 3.8) is 0 Å². The number of fused-ring (bicyclic) bond motifs is 3. The number of carbonyl (C=O) groups excluding carboxylic acids is 1. The lowest BCUT2D eigenvalue weighted by atomic mass is 9.79.